The van der Waals surface area contributed by atoms with Crippen molar-refractivity contribution in [3.05, 3.63) is 35.4 Å². The second-order valence-electron chi connectivity index (χ2n) is 2.85. The van der Waals surface area contributed by atoms with Gasteiger partial charge in [-0.1, -0.05) is 24.0 Å². The zero-order valence-corrected chi connectivity index (χ0v) is 7.79. The molecule has 1 aromatic rings. The Kier molecular flexibility index (Phi) is 3.71. The van der Waals surface area contributed by atoms with Crippen LogP contribution in [0.2, 0.25) is 0 Å². The second-order valence-corrected chi connectivity index (χ2v) is 2.85. The first-order valence-electron chi connectivity index (χ1n) is 4.28. The van der Waals surface area contributed by atoms with Crippen molar-refractivity contribution in [3.8, 4) is 11.8 Å². The summed E-state index contributed by atoms with van der Waals surface area (Å²) in [7, 11) is 0. The number of carbonyl (C=O) groups excluding carboxylic acids is 1. The summed E-state index contributed by atoms with van der Waals surface area (Å²) < 4.78 is 0. The number of hydrogen-bond acceptors (Lipinski definition) is 2. The Morgan fingerprint density at radius 3 is 2.43 bits per heavy atom. The van der Waals surface area contributed by atoms with Gasteiger partial charge >= 0.3 is 0 Å². The third-order valence-corrected chi connectivity index (χ3v) is 1.68. The van der Waals surface area contributed by atoms with Gasteiger partial charge in [0.2, 0.25) is 5.91 Å². The van der Waals surface area contributed by atoms with E-state index in [4.69, 9.17) is 11.5 Å². The maximum Gasteiger partial charge on any atom is 0.229 e. The van der Waals surface area contributed by atoms with Crippen LogP contribution in [0.1, 0.15) is 17.5 Å². The van der Waals surface area contributed by atoms with E-state index in [2.05, 4.69) is 11.8 Å². The summed E-state index contributed by atoms with van der Waals surface area (Å²) in [6.45, 7) is 0.523. The molecule has 0 saturated heterocycles. The summed E-state index contributed by atoms with van der Waals surface area (Å²) in [5.74, 6) is 5.11. The molecule has 14 heavy (non-hydrogen) atoms. The van der Waals surface area contributed by atoms with Crippen molar-refractivity contribution in [1.82, 2.24) is 0 Å². The molecule has 0 unspecified atom stereocenters. The highest BCUT2D eigenvalue weighted by atomic mass is 16.1. The van der Waals surface area contributed by atoms with Gasteiger partial charge < -0.3 is 11.5 Å². The number of nitrogens with two attached hydrogens (primary N) is 2. The lowest BCUT2D eigenvalue weighted by molar-refractivity contribution is -0.117. The maximum atomic E-state index is 10.4. The van der Waals surface area contributed by atoms with Crippen LogP contribution in [-0.4, -0.2) is 5.91 Å². The van der Waals surface area contributed by atoms with Gasteiger partial charge in [0.1, 0.15) is 0 Å². The molecule has 0 fully saturated rings. The molecule has 1 amide bonds. The normalized spacial score (nSPS) is 8.93. The number of hydrogen-bond donors (Lipinski definition) is 2. The van der Waals surface area contributed by atoms with E-state index in [9.17, 15) is 4.79 Å². The highest BCUT2D eigenvalue weighted by molar-refractivity contribution is 5.76. The fraction of sp³-hybridized carbons (Fsp3) is 0.182. The number of rotatable bonds is 2. The van der Waals surface area contributed by atoms with Crippen molar-refractivity contribution in [2.45, 2.75) is 13.0 Å². The molecule has 3 nitrogen and oxygen atoms in total. The van der Waals surface area contributed by atoms with Crippen LogP contribution >= 0.6 is 0 Å². The topological polar surface area (TPSA) is 69.1 Å². The van der Waals surface area contributed by atoms with Crippen LogP contribution < -0.4 is 11.5 Å². The molecule has 0 saturated carbocycles. The van der Waals surface area contributed by atoms with Gasteiger partial charge in [0.25, 0.3) is 0 Å². The van der Waals surface area contributed by atoms with Crippen molar-refractivity contribution < 1.29 is 4.79 Å². The molecule has 1 rings (SSSR count). The highest BCUT2D eigenvalue weighted by Gasteiger charge is 1.89. The first-order valence-corrected chi connectivity index (χ1v) is 4.28. The SMILES string of the molecule is NCc1ccc(C#CCC(N)=O)cc1. The van der Waals surface area contributed by atoms with Crippen LogP contribution in [-0.2, 0) is 11.3 Å². The van der Waals surface area contributed by atoms with Crippen LogP contribution in [0.3, 0.4) is 0 Å². The molecule has 4 N–H and O–H groups in total. The van der Waals surface area contributed by atoms with Gasteiger partial charge in [0.05, 0.1) is 6.42 Å². The predicted octanol–water partition coefficient (Wildman–Crippen LogP) is 0.372. The summed E-state index contributed by atoms with van der Waals surface area (Å²) in [4.78, 5) is 10.4. The minimum absolute atomic E-state index is 0.0959. The van der Waals surface area contributed by atoms with E-state index in [1.54, 1.807) is 0 Å². The summed E-state index contributed by atoms with van der Waals surface area (Å²) in [5.41, 5.74) is 12.3. The lowest BCUT2D eigenvalue weighted by atomic mass is 10.1. The number of amides is 1. The van der Waals surface area contributed by atoms with Crippen LogP contribution in [0.4, 0.5) is 0 Å². The smallest absolute Gasteiger partial charge is 0.229 e. The van der Waals surface area contributed by atoms with E-state index in [-0.39, 0.29) is 6.42 Å². The summed E-state index contributed by atoms with van der Waals surface area (Å²) in [6, 6.07) is 7.56. The van der Waals surface area contributed by atoms with Crippen molar-refractivity contribution in [2.24, 2.45) is 11.5 Å². The lowest BCUT2D eigenvalue weighted by Crippen LogP contribution is -2.08. The molecule has 0 radical (unpaired) electrons. The summed E-state index contributed by atoms with van der Waals surface area (Å²) in [5, 5.41) is 0. The zero-order chi connectivity index (χ0) is 10.4. The molecule has 0 aliphatic carbocycles. The molecular formula is C11H12N2O. The van der Waals surface area contributed by atoms with Gasteiger partial charge in [0, 0.05) is 12.1 Å². The third-order valence-electron chi connectivity index (χ3n) is 1.68. The van der Waals surface area contributed by atoms with Crippen molar-refractivity contribution in [1.29, 1.82) is 0 Å². The minimum atomic E-state index is -0.406. The molecule has 72 valence electrons. The second kappa shape index (κ2) is 5.05. The average molecular weight is 188 g/mol. The lowest BCUT2D eigenvalue weighted by Gasteiger charge is -1.94. The monoisotopic (exact) mass is 188 g/mol. The number of carbonyl (C=O) groups is 1. The summed E-state index contributed by atoms with van der Waals surface area (Å²) >= 11 is 0. The molecule has 0 atom stereocenters. The molecular weight excluding hydrogens is 176 g/mol. The maximum absolute atomic E-state index is 10.4. The third kappa shape index (κ3) is 3.30. The minimum Gasteiger partial charge on any atom is -0.369 e. The van der Waals surface area contributed by atoms with Gasteiger partial charge in [-0.2, -0.15) is 0 Å². The molecule has 0 heterocycles. The molecule has 1 aromatic carbocycles. The fourth-order valence-corrected chi connectivity index (χ4v) is 0.958. The Labute approximate surface area is 83.1 Å². The zero-order valence-electron chi connectivity index (χ0n) is 7.79. The largest absolute Gasteiger partial charge is 0.369 e. The highest BCUT2D eigenvalue weighted by Crippen LogP contribution is 2.01. The molecule has 0 bridgehead atoms. The van der Waals surface area contributed by atoms with Gasteiger partial charge in [-0.15, -0.1) is 0 Å². The van der Waals surface area contributed by atoms with Crippen molar-refractivity contribution >= 4 is 5.91 Å². The van der Waals surface area contributed by atoms with E-state index in [0.717, 1.165) is 11.1 Å². The van der Waals surface area contributed by atoms with Crippen molar-refractivity contribution in [2.75, 3.05) is 0 Å². The molecule has 0 aromatic heterocycles. The number of benzene rings is 1. The van der Waals surface area contributed by atoms with Crippen LogP contribution in [0.15, 0.2) is 24.3 Å². The van der Waals surface area contributed by atoms with E-state index in [0.29, 0.717) is 6.54 Å². The summed E-state index contributed by atoms with van der Waals surface area (Å²) in [6.07, 6.45) is 0.0959. The van der Waals surface area contributed by atoms with Crippen LogP contribution in [0, 0.1) is 11.8 Å². The standard InChI is InChI=1S/C11H12N2O/c12-8-10-6-4-9(5-7-10)2-1-3-11(13)14/h4-7H,3,8,12H2,(H2,13,14). The Balaban J connectivity index is 2.66. The van der Waals surface area contributed by atoms with Gasteiger partial charge in [-0.3, -0.25) is 4.79 Å². The Morgan fingerprint density at radius 2 is 1.93 bits per heavy atom. The van der Waals surface area contributed by atoms with Gasteiger partial charge in [0.15, 0.2) is 0 Å². The van der Waals surface area contributed by atoms with Crippen LogP contribution in [0.25, 0.3) is 0 Å². The van der Waals surface area contributed by atoms with Crippen LogP contribution in [0.5, 0.6) is 0 Å². The average Bonchev–Trinajstić information content (AvgIpc) is 2.18. The Hall–Kier alpha value is -1.79. The molecule has 0 spiro atoms. The van der Waals surface area contributed by atoms with Gasteiger partial charge in [-0.05, 0) is 17.7 Å². The first-order chi connectivity index (χ1) is 6.72. The van der Waals surface area contributed by atoms with E-state index >= 15 is 0 Å². The van der Waals surface area contributed by atoms with E-state index in [1.165, 1.54) is 0 Å². The fourth-order valence-electron chi connectivity index (χ4n) is 0.958. The molecule has 3 heteroatoms. The van der Waals surface area contributed by atoms with Gasteiger partial charge in [-0.25, -0.2) is 0 Å². The number of primary amides is 1. The first kappa shape index (κ1) is 10.3. The quantitative estimate of drug-likeness (QED) is 0.658. The van der Waals surface area contributed by atoms with E-state index in [1.807, 2.05) is 24.3 Å². The Morgan fingerprint density at radius 1 is 1.29 bits per heavy atom. The predicted molar refractivity (Wildman–Crippen MR) is 55.0 cm³/mol. The molecule has 0 aliphatic rings. The van der Waals surface area contributed by atoms with Crippen molar-refractivity contribution in [3.63, 3.8) is 0 Å². The molecule has 0 aliphatic heterocycles. The van der Waals surface area contributed by atoms with E-state index < -0.39 is 5.91 Å². The Bertz CT molecular complexity index is 371.